The maximum Gasteiger partial charge on any atom is 0.267 e. The lowest BCUT2D eigenvalue weighted by atomic mass is 9.50. The molecule has 0 aliphatic heterocycles. The zero-order chi connectivity index (χ0) is 13.9. The van der Waals surface area contributed by atoms with Crippen LogP contribution in [0.25, 0.3) is 0 Å². The third kappa shape index (κ3) is 1.62. The Labute approximate surface area is 118 Å². The van der Waals surface area contributed by atoms with Crippen LogP contribution in [0.2, 0.25) is 0 Å². The fourth-order valence-corrected chi connectivity index (χ4v) is 5.35. The molecule has 4 aliphatic rings. The molecular weight excluding hydrogens is 250 g/mol. The summed E-state index contributed by atoms with van der Waals surface area (Å²) >= 11 is 0. The molecule has 4 heteroatoms. The molecule has 4 aliphatic carbocycles. The third-order valence-electron chi connectivity index (χ3n) is 5.81. The molecule has 0 amide bonds. The summed E-state index contributed by atoms with van der Waals surface area (Å²) in [6, 6.07) is 3.74. The average Bonchev–Trinajstić information content (AvgIpc) is 2.39. The molecule has 1 aromatic rings. The number of pyridine rings is 1. The molecule has 104 valence electrons. The topological polar surface area (TPSA) is 82.7 Å². The van der Waals surface area contributed by atoms with Crippen molar-refractivity contribution in [3.05, 3.63) is 27.5 Å². The Hall–Kier alpha value is -1.76. The quantitative estimate of drug-likeness (QED) is 0.821. The molecular formula is C16H19N3O. The lowest BCUT2D eigenvalue weighted by molar-refractivity contribution is -0.00264. The van der Waals surface area contributed by atoms with Crippen molar-refractivity contribution >= 4 is 5.82 Å². The SMILES string of the molecule is N#Cc1cc(C2C3CC4CC(C3)CC2C4)c(N)[nH]c1=O. The van der Waals surface area contributed by atoms with Gasteiger partial charge in [-0.1, -0.05) is 0 Å². The van der Waals surface area contributed by atoms with E-state index in [1.807, 2.05) is 6.07 Å². The van der Waals surface area contributed by atoms with Crippen molar-refractivity contribution in [2.24, 2.45) is 23.7 Å². The van der Waals surface area contributed by atoms with Crippen LogP contribution in [0, 0.1) is 35.0 Å². The van der Waals surface area contributed by atoms with Crippen molar-refractivity contribution < 1.29 is 0 Å². The average molecular weight is 269 g/mol. The number of hydrogen-bond acceptors (Lipinski definition) is 3. The van der Waals surface area contributed by atoms with Gasteiger partial charge in [-0.05, 0) is 73.3 Å². The lowest BCUT2D eigenvalue weighted by Gasteiger charge is -2.54. The predicted octanol–water partition coefficient (Wildman–Crippen LogP) is 2.37. The van der Waals surface area contributed by atoms with Gasteiger partial charge in [0, 0.05) is 0 Å². The maximum atomic E-state index is 11.7. The van der Waals surface area contributed by atoms with Crippen LogP contribution >= 0.6 is 0 Å². The highest BCUT2D eigenvalue weighted by atomic mass is 16.1. The second-order valence-electron chi connectivity index (χ2n) is 6.95. The summed E-state index contributed by atoms with van der Waals surface area (Å²) < 4.78 is 0. The van der Waals surface area contributed by atoms with Gasteiger partial charge < -0.3 is 10.7 Å². The monoisotopic (exact) mass is 269 g/mol. The van der Waals surface area contributed by atoms with Gasteiger partial charge in [0.05, 0.1) is 0 Å². The molecule has 20 heavy (non-hydrogen) atoms. The Morgan fingerprint density at radius 2 is 1.75 bits per heavy atom. The van der Waals surface area contributed by atoms with E-state index in [4.69, 9.17) is 11.0 Å². The number of nitrogens with two attached hydrogens (primary N) is 1. The zero-order valence-electron chi connectivity index (χ0n) is 11.4. The van der Waals surface area contributed by atoms with Crippen LogP contribution in [0.5, 0.6) is 0 Å². The highest BCUT2D eigenvalue weighted by Crippen LogP contribution is 2.60. The van der Waals surface area contributed by atoms with Crippen molar-refractivity contribution in [2.75, 3.05) is 5.73 Å². The van der Waals surface area contributed by atoms with Crippen LogP contribution in [0.1, 0.15) is 49.1 Å². The van der Waals surface area contributed by atoms with Gasteiger partial charge in [-0.25, -0.2) is 0 Å². The van der Waals surface area contributed by atoms with E-state index in [-0.39, 0.29) is 11.1 Å². The molecule has 5 rings (SSSR count). The van der Waals surface area contributed by atoms with Gasteiger partial charge in [-0.3, -0.25) is 4.79 Å². The summed E-state index contributed by atoms with van der Waals surface area (Å²) in [5, 5.41) is 9.07. The first-order valence-electron chi connectivity index (χ1n) is 7.58. The molecule has 0 saturated heterocycles. The second-order valence-corrected chi connectivity index (χ2v) is 6.95. The molecule has 1 heterocycles. The van der Waals surface area contributed by atoms with Gasteiger partial charge in [0.25, 0.3) is 5.56 Å². The molecule has 0 aromatic carbocycles. The van der Waals surface area contributed by atoms with Crippen LogP contribution in [-0.4, -0.2) is 4.98 Å². The summed E-state index contributed by atoms with van der Waals surface area (Å²) in [6.45, 7) is 0. The van der Waals surface area contributed by atoms with E-state index in [0.29, 0.717) is 23.6 Å². The van der Waals surface area contributed by atoms with Crippen molar-refractivity contribution in [1.29, 1.82) is 5.26 Å². The number of nitrogen functional groups attached to an aromatic ring is 1. The van der Waals surface area contributed by atoms with Crippen LogP contribution in [0.4, 0.5) is 5.82 Å². The largest absolute Gasteiger partial charge is 0.385 e. The normalized spacial score (nSPS) is 37.9. The van der Waals surface area contributed by atoms with E-state index in [1.54, 1.807) is 6.07 Å². The molecule has 3 N–H and O–H groups in total. The van der Waals surface area contributed by atoms with Gasteiger partial charge in [0.15, 0.2) is 0 Å². The van der Waals surface area contributed by atoms with E-state index in [0.717, 1.165) is 17.4 Å². The third-order valence-corrected chi connectivity index (χ3v) is 5.81. The number of nitrogens with one attached hydrogen (secondary N) is 1. The lowest BCUT2D eigenvalue weighted by Crippen LogP contribution is -2.44. The summed E-state index contributed by atoms with van der Waals surface area (Å²) in [7, 11) is 0. The van der Waals surface area contributed by atoms with Crippen LogP contribution < -0.4 is 11.3 Å². The van der Waals surface area contributed by atoms with Crippen LogP contribution in [-0.2, 0) is 0 Å². The number of aromatic amines is 1. The van der Waals surface area contributed by atoms with Gasteiger partial charge >= 0.3 is 0 Å². The number of nitrogens with zero attached hydrogens (tertiary/aromatic N) is 1. The Morgan fingerprint density at radius 3 is 2.30 bits per heavy atom. The van der Waals surface area contributed by atoms with Crippen LogP contribution in [0.3, 0.4) is 0 Å². The number of nitriles is 1. The van der Waals surface area contributed by atoms with Gasteiger partial charge in [0.2, 0.25) is 0 Å². The molecule has 0 radical (unpaired) electrons. The minimum atomic E-state index is -0.363. The number of H-pyrrole nitrogens is 1. The number of rotatable bonds is 1. The Balaban J connectivity index is 1.78. The van der Waals surface area contributed by atoms with Crippen LogP contribution in [0.15, 0.2) is 10.9 Å². The molecule has 0 atom stereocenters. The number of aromatic nitrogens is 1. The minimum absolute atomic E-state index is 0.197. The fraction of sp³-hybridized carbons (Fsp3) is 0.625. The van der Waals surface area contributed by atoms with Crippen molar-refractivity contribution in [2.45, 2.75) is 38.0 Å². The van der Waals surface area contributed by atoms with Crippen molar-refractivity contribution in [1.82, 2.24) is 4.98 Å². The van der Waals surface area contributed by atoms with Crippen molar-refractivity contribution in [3.8, 4) is 6.07 Å². The number of hydrogen-bond donors (Lipinski definition) is 2. The maximum absolute atomic E-state index is 11.7. The van der Waals surface area contributed by atoms with E-state index >= 15 is 0 Å². The molecule has 0 spiro atoms. The second kappa shape index (κ2) is 4.12. The first kappa shape index (κ1) is 12.0. The molecule has 0 unspecified atom stereocenters. The summed E-state index contributed by atoms with van der Waals surface area (Å²) in [4.78, 5) is 14.3. The summed E-state index contributed by atoms with van der Waals surface area (Å²) in [5.74, 6) is 4.15. The standard InChI is InChI=1S/C16H19N3O/c17-7-12-6-13(15(18)19-16(12)20)14-10-2-8-1-9(4-10)5-11(14)3-8/h6,8-11,14H,1-5H2,(H3,18,19,20). The Kier molecular flexibility index (Phi) is 2.47. The smallest absolute Gasteiger partial charge is 0.267 e. The highest BCUT2D eigenvalue weighted by Gasteiger charge is 2.49. The summed E-state index contributed by atoms with van der Waals surface area (Å²) in [6.07, 6.45) is 6.64. The van der Waals surface area contributed by atoms with Gasteiger partial charge in [-0.15, -0.1) is 0 Å². The number of anilines is 1. The van der Waals surface area contributed by atoms with E-state index in [1.165, 1.54) is 32.1 Å². The predicted molar refractivity (Wildman–Crippen MR) is 76.0 cm³/mol. The van der Waals surface area contributed by atoms with Gasteiger partial charge in [0.1, 0.15) is 17.5 Å². The Bertz CT molecular complexity index is 627. The van der Waals surface area contributed by atoms with E-state index < -0.39 is 0 Å². The first-order chi connectivity index (χ1) is 9.65. The molecule has 4 bridgehead atoms. The molecule has 1 aromatic heterocycles. The van der Waals surface area contributed by atoms with E-state index in [9.17, 15) is 4.79 Å². The van der Waals surface area contributed by atoms with Crippen molar-refractivity contribution in [3.63, 3.8) is 0 Å². The Morgan fingerprint density at radius 1 is 1.15 bits per heavy atom. The highest BCUT2D eigenvalue weighted by molar-refractivity contribution is 5.47. The molecule has 4 nitrogen and oxygen atoms in total. The molecule has 4 fully saturated rings. The minimum Gasteiger partial charge on any atom is -0.385 e. The summed E-state index contributed by atoms with van der Waals surface area (Å²) in [5.41, 5.74) is 6.92. The van der Waals surface area contributed by atoms with E-state index in [2.05, 4.69) is 4.98 Å². The molecule has 4 saturated carbocycles. The zero-order valence-corrected chi connectivity index (χ0v) is 11.4. The first-order valence-corrected chi connectivity index (χ1v) is 7.58. The fourth-order valence-electron chi connectivity index (χ4n) is 5.35. The van der Waals surface area contributed by atoms with Gasteiger partial charge in [-0.2, -0.15) is 5.26 Å².